The van der Waals surface area contributed by atoms with Crippen LogP contribution in [0.4, 0.5) is 5.69 Å². The Labute approximate surface area is 179 Å². The Balaban J connectivity index is 1.19. The molecule has 2 fully saturated rings. The Bertz CT molecular complexity index is 783. The van der Waals surface area contributed by atoms with Crippen molar-refractivity contribution in [3.8, 4) is 0 Å². The van der Waals surface area contributed by atoms with Crippen LogP contribution in [0.5, 0.6) is 0 Å². The Morgan fingerprint density at radius 3 is 2.53 bits per heavy atom. The quantitative estimate of drug-likeness (QED) is 0.714. The second-order valence-electron chi connectivity index (χ2n) is 8.13. The number of hydrogen-bond acceptors (Lipinski definition) is 5. The Morgan fingerprint density at radius 1 is 1.07 bits per heavy atom. The van der Waals surface area contributed by atoms with Crippen LogP contribution >= 0.6 is 0 Å². The van der Waals surface area contributed by atoms with E-state index >= 15 is 0 Å². The maximum atomic E-state index is 12.6. The molecule has 0 radical (unpaired) electrons. The zero-order valence-electron chi connectivity index (χ0n) is 17.6. The van der Waals surface area contributed by atoms with Crippen LogP contribution in [0, 0.1) is 0 Å². The minimum absolute atomic E-state index is 0.110. The molecular formula is C24H32N4O2. The summed E-state index contributed by atoms with van der Waals surface area (Å²) in [5, 5.41) is 3.72. The summed E-state index contributed by atoms with van der Waals surface area (Å²) in [6, 6.07) is 12.9. The van der Waals surface area contributed by atoms with E-state index in [1.165, 1.54) is 11.3 Å². The summed E-state index contributed by atoms with van der Waals surface area (Å²) < 4.78 is 5.34. The van der Waals surface area contributed by atoms with Crippen molar-refractivity contribution in [2.24, 2.45) is 0 Å². The zero-order chi connectivity index (χ0) is 20.6. The smallest absolute Gasteiger partial charge is 0.254 e. The van der Waals surface area contributed by atoms with Gasteiger partial charge in [0.25, 0.3) is 5.91 Å². The number of anilines is 1. The number of benzene rings is 1. The molecule has 2 saturated heterocycles. The molecule has 0 bridgehead atoms. The van der Waals surface area contributed by atoms with Gasteiger partial charge >= 0.3 is 0 Å². The lowest BCUT2D eigenvalue weighted by atomic mass is 10.0. The molecule has 1 N–H and O–H groups in total. The number of ether oxygens (including phenoxy) is 1. The number of hydrogen-bond donors (Lipinski definition) is 1. The first kappa shape index (κ1) is 20.8. The normalized spacial score (nSPS) is 17.9. The fourth-order valence-corrected chi connectivity index (χ4v) is 4.25. The van der Waals surface area contributed by atoms with Crippen LogP contribution in [-0.4, -0.2) is 67.8 Å². The first-order valence-electron chi connectivity index (χ1n) is 11.1. The third kappa shape index (κ3) is 5.58. The molecule has 2 aromatic rings. The zero-order valence-corrected chi connectivity index (χ0v) is 17.6. The third-order valence-electron chi connectivity index (χ3n) is 6.07. The van der Waals surface area contributed by atoms with Crippen molar-refractivity contribution in [2.45, 2.75) is 31.7 Å². The molecule has 0 saturated carbocycles. The van der Waals surface area contributed by atoms with E-state index in [2.05, 4.69) is 33.4 Å². The standard InChI is InChI=1S/C24H32N4O2/c29-24(28-15-17-30-18-16-28)21-5-7-23(8-6-21)27-13-9-22(10-14-27)26-12-2-4-20-3-1-11-25-19-20/h1,3,5-8,11,19,22,26H,2,4,9-10,12-18H2. The largest absolute Gasteiger partial charge is 0.378 e. The number of aromatic nitrogens is 1. The molecule has 160 valence electrons. The molecule has 2 aliphatic rings. The van der Waals surface area contributed by atoms with Gasteiger partial charge in [0.2, 0.25) is 0 Å². The Hall–Kier alpha value is -2.44. The third-order valence-corrected chi connectivity index (χ3v) is 6.07. The number of amides is 1. The van der Waals surface area contributed by atoms with E-state index in [1.54, 1.807) is 0 Å². The van der Waals surface area contributed by atoms with Crippen molar-refractivity contribution in [1.82, 2.24) is 15.2 Å². The van der Waals surface area contributed by atoms with Gasteiger partial charge in [-0.05, 0) is 68.1 Å². The van der Waals surface area contributed by atoms with E-state index in [-0.39, 0.29) is 5.91 Å². The second-order valence-corrected chi connectivity index (χ2v) is 8.13. The molecule has 2 aliphatic heterocycles. The molecule has 0 unspecified atom stereocenters. The predicted octanol–water partition coefficient (Wildman–Crippen LogP) is 2.75. The number of morpholine rings is 1. The molecule has 1 amide bonds. The first-order valence-corrected chi connectivity index (χ1v) is 11.1. The summed E-state index contributed by atoms with van der Waals surface area (Å²) >= 11 is 0. The van der Waals surface area contributed by atoms with Crippen LogP contribution < -0.4 is 10.2 Å². The molecular weight excluding hydrogens is 376 g/mol. The highest BCUT2D eigenvalue weighted by Crippen LogP contribution is 2.21. The number of pyridine rings is 1. The lowest BCUT2D eigenvalue weighted by molar-refractivity contribution is 0.0303. The maximum absolute atomic E-state index is 12.6. The number of nitrogens with zero attached hydrogens (tertiary/aromatic N) is 3. The van der Waals surface area contributed by atoms with Crippen molar-refractivity contribution in [1.29, 1.82) is 0 Å². The molecule has 6 heteroatoms. The Kier molecular flexibility index (Phi) is 7.32. The molecule has 0 aliphatic carbocycles. The molecule has 30 heavy (non-hydrogen) atoms. The summed E-state index contributed by atoms with van der Waals surface area (Å²) in [7, 11) is 0. The number of carbonyl (C=O) groups is 1. The van der Waals surface area contributed by atoms with Crippen molar-refractivity contribution < 1.29 is 9.53 Å². The van der Waals surface area contributed by atoms with Crippen molar-refractivity contribution in [3.63, 3.8) is 0 Å². The van der Waals surface area contributed by atoms with Crippen molar-refractivity contribution in [3.05, 3.63) is 59.9 Å². The summed E-state index contributed by atoms with van der Waals surface area (Å²) in [4.78, 5) is 21.1. The van der Waals surface area contributed by atoms with E-state index in [1.807, 2.05) is 35.5 Å². The number of rotatable bonds is 7. The monoisotopic (exact) mass is 408 g/mol. The van der Waals surface area contributed by atoms with Gasteiger partial charge in [0.15, 0.2) is 0 Å². The summed E-state index contributed by atoms with van der Waals surface area (Å²) in [6.45, 7) is 5.80. The van der Waals surface area contributed by atoms with Gasteiger partial charge < -0.3 is 19.9 Å². The van der Waals surface area contributed by atoms with E-state index in [0.29, 0.717) is 32.3 Å². The van der Waals surface area contributed by atoms with Crippen LogP contribution in [0.3, 0.4) is 0 Å². The van der Waals surface area contributed by atoms with E-state index in [9.17, 15) is 4.79 Å². The average molecular weight is 409 g/mol. The van der Waals surface area contributed by atoms with Gasteiger partial charge in [-0.25, -0.2) is 0 Å². The summed E-state index contributed by atoms with van der Waals surface area (Å²) in [5.74, 6) is 0.110. The van der Waals surface area contributed by atoms with Gasteiger partial charge in [-0.15, -0.1) is 0 Å². The van der Waals surface area contributed by atoms with Gasteiger partial charge in [-0.2, -0.15) is 0 Å². The van der Waals surface area contributed by atoms with Crippen LogP contribution in [0.15, 0.2) is 48.8 Å². The van der Waals surface area contributed by atoms with Crippen LogP contribution in [-0.2, 0) is 11.2 Å². The number of nitrogens with one attached hydrogen (secondary N) is 1. The minimum Gasteiger partial charge on any atom is -0.378 e. The van der Waals surface area contributed by atoms with Crippen LogP contribution in [0.25, 0.3) is 0 Å². The minimum atomic E-state index is 0.110. The van der Waals surface area contributed by atoms with E-state index in [4.69, 9.17) is 4.74 Å². The molecule has 3 heterocycles. The fraction of sp³-hybridized carbons (Fsp3) is 0.500. The van der Waals surface area contributed by atoms with Crippen molar-refractivity contribution >= 4 is 11.6 Å². The highest BCUT2D eigenvalue weighted by molar-refractivity contribution is 5.94. The maximum Gasteiger partial charge on any atom is 0.254 e. The topological polar surface area (TPSA) is 57.7 Å². The molecule has 0 spiro atoms. The van der Waals surface area contributed by atoms with E-state index in [0.717, 1.165) is 50.9 Å². The molecule has 6 nitrogen and oxygen atoms in total. The second kappa shape index (κ2) is 10.5. The van der Waals surface area contributed by atoms with Crippen molar-refractivity contribution in [2.75, 3.05) is 50.8 Å². The van der Waals surface area contributed by atoms with Crippen LogP contribution in [0.2, 0.25) is 0 Å². The molecule has 1 aromatic heterocycles. The lowest BCUT2D eigenvalue weighted by Gasteiger charge is -2.34. The van der Waals surface area contributed by atoms with Gasteiger partial charge in [-0.3, -0.25) is 9.78 Å². The number of aryl methyl sites for hydroxylation is 1. The summed E-state index contributed by atoms with van der Waals surface area (Å²) in [5.41, 5.74) is 3.29. The molecule has 1 aromatic carbocycles. The lowest BCUT2D eigenvalue weighted by Crippen LogP contribution is -2.43. The number of carbonyl (C=O) groups excluding carboxylic acids is 1. The highest BCUT2D eigenvalue weighted by Gasteiger charge is 2.21. The van der Waals surface area contributed by atoms with E-state index < -0.39 is 0 Å². The van der Waals surface area contributed by atoms with Gasteiger partial charge in [-0.1, -0.05) is 6.07 Å². The fourth-order valence-electron chi connectivity index (χ4n) is 4.25. The predicted molar refractivity (Wildman–Crippen MR) is 119 cm³/mol. The first-order chi connectivity index (χ1) is 14.8. The highest BCUT2D eigenvalue weighted by atomic mass is 16.5. The summed E-state index contributed by atoms with van der Waals surface area (Å²) in [6.07, 6.45) is 8.31. The molecule has 4 rings (SSSR count). The van der Waals surface area contributed by atoms with Gasteiger partial charge in [0.05, 0.1) is 13.2 Å². The molecule has 0 atom stereocenters. The SMILES string of the molecule is O=C(c1ccc(N2CCC(NCCCc3cccnc3)CC2)cc1)N1CCOCC1. The number of piperidine rings is 1. The van der Waals surface area contributed by atoms with Gasteiger partial charge in [0.1, 0.15) is 0 Å². The average Bonchev–Trinajstić information content (AvgIpc) is 2.83. The van der Waals surface area contributed by atoms with Crippen LogP contribution in [0.1, 0.15) is 35.2 Å². The Morgan fingerprint density at radius 2 is 1.83 bits per heavy atom. The van der Waals surface area contributed by atoms with Gasteiger partial charge in [0, 0.05) is 55.9 Å².